The molecule has 0 aromatic carbocycles. The Bertz CT molecular complexity index is 367. The number of nitrogens with zero attached hydrogens (tertiary/aromatic N) is 1. The van der Waals surface area contributed by atoms with Crippen LogP contribution in [0.2, 0.25) is 0 Å². The van der Waals surface area contributed by atoms with Gasteiger partial charge in [0.05, 0.1) is 0 Å². The maximum atomic E-state index is 10.6. The van der Waals surface area contributed by atoms with E-state index in [1.54, 1.807) is 0 Å². The minimum absolute atomic E-state index is 0.00504. The van der Waals surface area contributed by atoms with Crippen LogP contribution in [0.15, 0.2) is 22.7 Å². The van der Waals surface area contributed by atoms with Gasteiger partial charge >= 0.3 is 5.97 Å². The molecule has 1 aromatic rings. The molecular weight excluding hydrogens is 182 g/mol. The summed E-state index contributed by atoms with van der Waals surface area (Å²) in [7, 11) is 0. The Morgan fingerprint density at radius 1 is 1.57 bits per heavy atom. The van der Waals surface area contributed by atoms with Crippen LogP contribution in [-0.2, 0) is 0 Å². The first-order chi connectivity index (χ1) is 6.77. The minimum atomic E-state index is -1.04. The molecule has 0 saturated heterocycles. The van der Waals surface area contributed by atoms with Crippen molar-refractivity contribution in [1.29, 1.82) is 0 Å². The smallest absolute Gasteiger partial charge is 0.358 e. The van der Waals surface area contributed by atoms with Crippen molar-refractivity contribution >= 4 is 5.97 Å². The lowest BCUT2D eigenvalue weighted by Crippen LogP contribution is -1.99. The SMILES string of the molecule is O=C(O)c1cc(C2CC=CCC2)on1. The predicted molar refractivity (Wildman–Crippen MR) is 49.2 cm³/mol. The van der Waals surface area contributed by atoms with E-state index in [4.69, 9.17) is 9.63 Å². The quantitative estimate of drug-likeness (QED) is 0.731. The fourth-order valence-corrected chi connectivity index (χ4v) is 1.63. The standard InChI is InChI=1S/C10H11NO3/c12-10(13)8-6-9(14-11-8)7-4-2-1-3-5-7/h1-2,6-7H,3-5H2,(H,12,13). The molecule has 0 fully saturated rings. The lowest BCUT2D eigenvalue weighted by molar-refractivity contribution is 0.0685. The van der Waals surface area contributed by atoms with Crippen LogP contribution in [0.4, 0.5) is 0 Å². The van der Waals surface area contributed by atoms with Crippen molar-refractivity contribution < 1.29 is 14.4 Å². The first-order valence-electron chi connectivity index (χ1n) is 4.62. The van der Waals surface area contributed by atoms with Crippen molar-refractivity contribution in [3.63, 3.8) is 0 Å². The van der Waals surface area contributed by atoms with Gasteiger partial charge in [-0.1, -0.05) is 17.3 Å². The Morgan fingerprint density at radius 2 is 2.43 bits per heavy atom. The Balaban J connectivity index is 2.16. The maximum absolute atomic E-state index is 10.6. The molecule has 0 bridgehead atoms. The molecule has 0 spiro atoms. The van der Waals surface area contributed by atoms with Crippen LogP contribution in [-0.4, -0.2) is 16.2 Å². The highest BCUT2D eigenvalue weighted by Crippen LogP contribution is 2.29. The topological polar surface area (TPSA) is 63.3 Å². The zero-order valence-corrected chi connectivity index (χ0v) is 7.64. The summed E-state index contributed by atoms with van der Waals surface area (Å²) in [5.74, 6) is -0.0568. The number of rotatable bonds is 2. The number of hydrogen-bond acceptors (Lipinski definition) is 3. The minimum Gasteiger partial charge on any atom is -0.476 e. The number of aromatic nitrogens is 1. The molecular formula is C10H11NO3. The van der Waals surface area contributed by atoms with Gasteiger partial charge in [0.2, 0.25) is 0 Å². The van der Waals surface area contributed by atoms with Crippen LogP contribution in [0.25, 0.3) is 0 Å². The number of carboxylic acids is 1. The van der Waals surface area contributed by atoms with Gasteiger partial charge in [0.15, 0.2) is 5.69 Å². The third-order valence-corrected chi connectivity index (χ3v) is 2.42. The highest BCUT2D eigenvalue weighted by molar-refractivity contribution is 5.85. The second kappa shape index (κ2) is 3.65. The molecule has 1 aromatic heterocycles. The molecule has 0 amide bonds. The van der Waals surface area contributed by atoms with Crippen molar-refractivity contribution in [2.75, 3.05) is 0 Å². The number of carbonyl (C=O) groups is 1. The molecule has 1 aliphatic rings. The van der Waals surface area contributed by atoms with Crippen molar-refractivity contribution in [3.8, 4) is 0 Å². The summed E-state index contributed by atoms with van der Waals surface area (Å²) in [4.78, 5) is 10.6. The fraction of sp³-hybridized carbons (Fsp3) is 0.400. The average Bonchev–Trinajstić information content (AvgIpc) is 2.68. The van der Waals surface area contributed by atoms with E-state index in [-0.39, 0.29) is 5.69 Å². The van der Waals surface area contributed by atoms with Crippen LogP contribution in [0, 0.1) is 0 Å². The molecule has 74 valence electrons. The number of carboxylic acid groups (broad SMARTS) is 1. The van der Waals surface area contributed by atoms with E-state index in [0.717, 1.165) is 19.3 Å². The summed E-state index contributed by atoms with van der Waals surface area (Å²) in [6.45, 7) is 0. The first-order valence-corrected chi connectivity index (χ1v) is 4.62. The summed E-state index contributed by atoms with van der Waals surface area (Å²) >= 11 is 0. The van der Waals surface area contributed by atoms with E-state index in [2.05, 4.69) is 17.3 Å². The van der Waals surface area contributed by atoms with Gasteiger partial charge in [0, 0.05) is 12.0 Å². The Hall–Kier alpha value is -1.58. The predicted octanol–water partition coefficient (Wildman–Crippen LogP) is 2.20. The maximum Gasteiger partial charge on any atom is 0.358 e. The van der Waals surface area contributed by atoms with Crippen molar-refractivity contribution in [1.82, 2.24) is 5.16 Å². The third-order valence-electron chi connectivity index (χ3n) is 2.42. The zero-order valence-electron chi connectivity index (χ0n) is 7.64. The van der Waals surface area contributed by atoms with E-state index in [1.165, 1.54) is 6.07 Å². The second-order valence-corrected chi connectivity index (χ2v) is 3.40. The molecule has 1 heterocycles. The van der Waals surface area contributed by atoms with Gasteiger partial charge in [-0.25, -0.2) is 4.79 Å². The van der Waals surface area contributed by atoms with Crippen molar-refractivity contribution in [3.05, 3.63) is 29.7 Å². The van der Waals surface area contributed by atoms with Gasteiger partial charge in [-0.05, 0) is 19.3 Å². The lowest BCUT2D eigenvalue weighted by Gasteiger charge is -2.13. The molecule has 1 aliphatic carbocycles. The molecule has 2 rings (SSSR count). The van der Waals surface area contributed by atoms with Gasteiger partial charge in [-0.3, -0.25) is 0 Å². The molecule has 1 atom stereocenters. The van der Waals surface area contributed by atoms with Crippen LogP contribution in [0.1, 0.15) is 41.4 Å². The first kappa shape index (κ1) is 8.99. The molecule has 4 nitrogen and oxygen atoms in total. The molecule has 0 radical (unpaired) electrons. The van der Waals surface area contributed by atoms with Crippen molar-refractivity contribution in [2.24, 2.45) is 0 Å². The largest absolute Gasteiger partial charge is 0.476 e. The van der Waals surface area contributed by atoms with Gasteiger partial charge in [0.1, 0.15) is 5.76 Å². The molecule has 0 aliphatic heterocycles. The number of hydrogen-bond donors (Lipinski definition) is 1. The fourth-order valence-electron chi connectivity index (χ4n) is 1.63. The second-order valence-electron chi connectivity index (χ2n) is 3.40. The van der Waals surface area contributed by atoms with Crippen molar-refractivity contribution in [2.45, 2.75) is 25.2 Å². The van der Waals surface area contributed by atoms with Gasteiger partial charge < -0.3 is 9.63 Å². The van der Waals surface area contributed by atoms with E-state index >= 15 is 0 Å². The third kappa shape index (κ3) is 1.69. The summed E-state index contributed by atoms with van der Waals surface area (Å²) in [5, 5.41) is 12.2. The number of aromatic carboxylic acids is 1. The Morgan fingerprint density at radius 3 is 3.00 bits per heavy atom. The monoisotopic (exact) mass is 193 g/mol. The molecule has 1 unspecified atom stereocenters. The normalized spacial score (nSPS) is 21.0. The molecule has 14 heavy (non-hydrogen) atoms. The van der Waals surface area contributed by atoms with Gasteiger partial charge in [0.25, 0.3) is 0 Å². The zero-order chi connectivity index (χ0) is 9.97. The molecule has 4 heteroatoms. The number of allylic oxidation sites excluding steroid dienone is 2. The lowest BCUT2D eigenvalue weighted by atomic mass is 9.92. The summed E-state index contributed by atoms with van der Waals surface area (Å²) in [5.41, 5.74) is -0.00504. The van der Waals surface area contributed by atoms with E-state index in [9.17, 15) is 4.79 Å². The summed E-state index contributed by atoms with van der Waals surface area (Å²) in [6, 6.07) is 1.52. The van der Waals surface area contributed by atoms with Crippen LogP contribution < -0.4 is 0 Å². The van der Waals surface area contributed by atoms with E-state index in [1.807, 2.05) is 0 Å². The van der Waals surface area contributed by atoms with E-state index < -0.39 is 5.97 Å². The highest BCUT2D eigenvalue weighted by atomic mass is 16.5. The average molecular weight is 193 g/mol. The van der Waals surface area contributed by atoms with Crippen LogP contribution in [0.3, 0.4) is 0 Å². The molecule has 1 N–H and O–H groups in total. The highest BCUT2D eigenvalue weighted by Gasteiger charge is 2.19. The Kier molecular flexibility index (Phi) is 2.35. The van der Waals surface area contributed by atoms with Gasteiger partial charge in [-0.15, -0.1) is 0 Å². The van der Waals surface area contributed by atoms with Gasteiger partial charge in [-0.2, -0.15) is 0 Å². The summed E-state index contributed by atoms with van der Waals surface area (Å²) in [6.07, 6.45) is 7.16. The Labute approximate surface area is 81.2 Å². The van der Waals surface area contributed by atoms with Crippen LogP contribution >= 0.6 is 0 Å². The molecule has 0 saturated carbocycles. The van der Waals surface area contributed by atoms with Crippen LogP contribution in [0.5, 0.6) is 0 Å². The van der Waals surface area contributed by atoms with E-state index in [0.29, 0.717) is 11.7 Å². The summed E-state index contributed by atoms with van der Waals surface area (Å²) < 4.78 is 5.00.